The van der Waals surface area contributed by atoms with Crippen LogP contribution in [0.25, 0.3) is 0 Å². The Bertz CT molecular complexity index is 316. The fraction of sp³-hybridized carbons (Fsp3) is 0.875. The number of aliphatic carboxylic acids is 1. The quantitative estimate of drug-likeness (QED) is 0.496. The van der Waals surface area contributed by atoms with E-state index in [1.165, 1.54) is 0 Å². The molecule has 0 heterocycles. The van der Waals surface area contributed by atoms with Crippen molar-refractivity contribution in [2.45, 2.75) is 18.9 Å². The number of nitrogens with zero attached hydrogens (tertiary/aromatic N) is 1. The van der Waals surface area contributed by atoms with Crippen molar-refractivity contribution in [2.75, 3.05) is 26.9 Å². The van der Waals surface area contributed by atoms with Gasteiger partial charge in [0, 0.05) is 6.42 Å². The largest absolute Gasteiger partial charge is 0.477 e. The van der Waals surface area contributed by atoms with Crippen LogP contribution in [-0.2, 0) is 14.9 Å². The van der Waals surface area contributed by atoms with E-state index in [2.05, 4.69) is 0 Å². The minimum Gasteiger partial charge on any atom is -0.477 e. The Labute approximate surface area is 89.8 Å². The summed E-state index contributed by atoms with van der Waals surface area (Å²) in [7, 11) is 1.19. The van der Waals surface area contributed by atoms with Gasteiger partial charge in [0.05, 0.1) is 26.9 Å². The summed E-state index contributed by atoms with van der Waals surface area (Å²) in [6, 6.07) is -0.660. The van der Waals surface area contributed by atoms with Gasteiger partial charge in [-0.05, 0) is 6.42 Å². The van der Waals surface area contributed by atoms with Crippen LogP contribution in [0.2, 0.25) is 0 Å². The molecule has 0 saturated heterocycles. The fourth-order valence-corrected chi connectivity index (χ4v) is 1.83. The summed E-state index contributed by atoms with van der Waals surface area (Å²) < 4.78 is 29.6. The molecule has 0 aliphatic carbocycles. The van der Waals surface area contributed by atoms with Gasteiger partial charge < -0.3 is 9.59 Å². The summed E-state index contributed by atoms with van der Waals surface area (Å²) in [6.45, 7) is 0. The van der Waals surface area contributed by atoms with Crippen molar-refractivity contribution in [3.8, 4) is 0 Å². The average Bonchev–Trinajstić information content (AvgIpc) is 1.92. The van der Waals surface area contributed by atoms with E-state index < -0.39 is 27.9 Å². The first-order valence-corrected chi connectivity index (χ1v) is 6.14. The molecule has 0 aromatic heterocycles. The molecular weight excluding hydrogens is 222 g/mol. The zero-order chi connectivity index (χ0) is 12.3. The van der Waals surface area contributed by atoms with E-state index in [-0.39, 0.29) is 17.3 Å². The molecule has 6 nitrogen and oxygen atoms in total. The second-order valence-electron chi connectivity index (χ2n) is 4.40. The summed E-state index contributed by atoms with van der Waals surface area (Å²) in [4.78, 5) is 10.9. The molecule has 0 radical (unpaired) electrons. The van der Waals surface area contributed by atoms with E-state index in [9.17, 15) is 13.2 Å². The lowest BCUT2D eigenvalue weighted by Gasteiger charge is -2.30. The molecule has 0 aromatic carbocycles. The maximum atomic E-state index is 10.9. The molecule has 90 valence electrons. The third-order valence-corrected chi connectivity index (χ3v) is 2.90. The first kappa shape index (κ1) is 14.3. The standard InChI is InChI=1S/C8H17NO5S/c1-9(2,3)7(8(10)11)5-4-6-15(12,13)14/h7H,4-6H2,1-3H3,(H-,10,11,12,13,14)/p+1. The van der Waals surface area contributed by atoms with Crippen molar-refractivity contribution in [3.05, 3.63) is 0 Å². The Morgan fingerprint density at radius 3 is 2.07 bits per heavy atom. The normalized spacial score (nSPS) is 14.9. The molecule has 0 saturated carbocycles. The van der Waals surface area contributed by atoms with Gasteiger partial charge in [0.15, 0.2) is 6.04 Å². The number of quaternary nitrogens is 1. The zero-order valence-corrected chi connectivity index (χ0v) is 9.99. The zero-order valence-electron chi connectivity index (χ0n) is 9.17. The third kappa shape index (κ3) is 6.43. The molecule has 0 aromatic rings. The second kappa shape index (κ2) is 4.91. The topological polar surface area (TPSA) is 91.7 Å². The van der Waals surface area contributed by atoms with Crippen LogP contribution in [0, 0.1) is 0 Å². The lowest BCUT2D eigenvalue weighted by molar-refractivity contribution is -0.887. The molecule has 7 heteroatoms. The van der Waals surface area contributed by atoms with Gasteiger partial charge in [-0.25, -0.2) is 4.79 Å². The number of carbonyl (C=O) groups is 1. The third-order valence-electron chi connectivity index (χ3n) is 2.10. The van der Waals surface area contributed by atoms with Crippen LogP contribution >= 0.6 is 0 Å². The molecule has 0 rings (SSSR count). The number of carboxylic acids is 1. The first-order valence-electron chi connectivity index (χ1n) is 4.53. The van der Waals surface area contributed by atoms with Crippen molar-refractivity contribution < 1.29 is 27.4 Å². The minimum atomic E-state index is -3.99. The van der Waals surface area contributed by atoms with E-state index in [4.69, 9.17) is 9.66 Å². The highest BCUT2D eigenvalue weighted by atomic mass is 32.2. The van der Waals surface area contributed by atoms with E-state index >= 15 is 0 Å². The molecule has 0 aliphatic heterocycles. The molecule has 0 aliphatic rings. The Kier molecular flexibility index (Phi) is 4.69. The summed E-state index contributed by atoms with van der Waals surface area (Å²) in [6.07, 6.45) is 0.365. The predicted octanol–water partition coefficient (Wildman–Crippen LogP) is -0.186. The monoisotopic (exact) mass is 240 g/mol. The lowest BCUT2D eigenvalue weighted by Crippen LogP contribution is -2.49. The lowest BCUT2D eigenvalue weighted by atomic mass is 10.1. The van der Waals surface area contributed by atoms with Crippen LogP contribution in [0.3, 0.4) is 0 Å². The Balaban J connectivity index is 4.29. The van der Waals surface area contributed by atoms with Crippen LogP contribution in [0.1, 0.15) is 12.8 Å². The Morgan fingerprint density at radius 2 is 1.80 bits per heavy atom. The molecule has 1 atom stereocenters. The number of hydrogen-bond donors (Lipinski definition) is 2. The van der Waals surface area contributed by atoms with Gasteiger partial charge in [-0.1, -0.05) is 0 Å². The number of hydrogen-bond acceptors (Lipinski definition) is 3. The fourth-order valence-electron chi connectivity index (χ4n) is 1.30. The van der Waals surface area contributed by atoms with Crippen molar-refractivity contribution in [1.29, 1.82) is 0 Å². The van der Waals surface area contributed by atoms with Crippen LogP contribution < -0.4 is 0 Å². The molecule has 1 unspecified atom stereocenters. The highest BCUT2D eigenvalue weighted by molar-refractivity contribution is 7.85. The van der Waals surface area contributed by atoms with Crippen molar-refractivity contribution in [1.82, 2.24) is 0 Å². The van der Waals surface area contributed by atoms with Gasteiger partial charge in [0.1, 0.15) is 0 Å². The van der Waals surface area contributed by atoms with Crippen LogP contribution in [-0.4, -0.2) is 61.5 Å². The van der Waals surface area contributed by atoms with Gasteiger partial charge in [-0.3, -0.25) is 4.55 Å². The summed E-state index contributed by atoms with van der Waals surface area (Å²) in [5.74, 6) is -1.35. The molecule has 15 heavy (non-hydrogen) atoms. The van der Waals surface area contributed by atoms with E-state index in [0.717, 1.165) is 0 Å². The van der Waals surface area contributed by atoms with Crippen molar-refractivity contribution >= 4 is 16.1 Å². The SMILES string of the molecule is C[N+](C)(C)C(CCCS(=O)(=O)O)C(=O)O. The number of carboxylic acid groups (broad SMARTS) is 1. The van der Waals surface area contributed by atoms with Gasteiger partial charge in [-0.2, -0.15) is 8.42 Å². The van der Waals surface area contributed by atoms with Crippen LogP contribution in [0.4, 0.5) is 0 Å². The smallest absolute Gasteiger partial charge is 0.362 e. The van der Waals surface area contributed by atoms with E-state index in [1.54, 1.807) is 21.1 Å². The van der Waals surface area contributed by atoms with Crippen LogP contribution in [0.5, 0.6) is 0 Å². The number of likely N-dealkylation sites (N-methyl/N-ethyl adjacent to an activating group) is 1. The average molecular weight is 240 g/mol. The second-order valence-corrected chi connectivity index (χ2v) is 5.97. The maximum absolute atomic E-state index is 10.9. The van der Waals surface area contributed by atoms with Gasteiger partial charge in [0.25, 0.3) is 10.1 Å². The minimum absolute atomic E-state index is 0.144. The van der Waals surface area contributed by atoms with E-state index in [0.29, 0.717) is 0 Å². The molecule has 0 spiro atoms. The van der Waals surface area contributed by atoms with E-state index in [1.807, 2.05) is 0 Å². The molecular formula is C8H18NO5S+. The highest BCUT2D eigenvalue weighted by Gasteiger charge is 2.30. The van der Waals surface area contributed by atoms with Crippen molar-refractivity contribution in [3.63, 3.8) is 0 Å². The highest BCUT2D eigenvalue weighted by Crippen LogP contribution is 2.11. The molecule has 0 fully saturated rings. The first-order chi connectivity index (χ1) is 6.54. The molecule has 0 amide bonds. The molecule has 0 bridgehead atoms. The summed E-state index contributed by atoms with van der Waals surface area (Å²) in [5.41, 5.74) is 0. The Morgan fingerprint density at radius 1 is 1.33 bits per heavy atom. The summed E-state index contributed by atoms with van der Waals surface area (Å²) >= 11 is 0. The summed E-state index contributed by atoms with van der Waals surface area (Å²) in [5, 5.41) is 8.91. The van der Waals surface area contributed by atoms with Gasteiger partial charge in [0.2, 0.25) is 0 Å². The van der Waals surface area contributed by atoms with Gasteiger partial charge in [-0.15, -0.1) is 0 Å². The predicted molar refractivity (Wildman–Crippen MR) is 55.1 cm³/mol. The maximum Gasteiger partial charge on any atom is 0.362 e. The molecule has 2 N–H and O–H groups in total. The van der Waals surface area contributed by atoms with Crippen molar-refractivity contribution in [2.24, 2.45) is 0 Å². The van der Waals surface area contributed by atoms with Gasteiger partial charge >= 0.3 is 5.97 Å². The van der Waals surface area contributed by atoms with Crippen LogP contribution in [0.15, 0.2) is 0 Å². The Hall–Kier alpha value is -0.660. The number of rotatable bonds is 6.